The zero-order chi connectivity index (χ0) is 7.15. The molecule has 0 aliphatic carbocycles. The number of hydrogen-bond donors (Lipinski definition) is 0. The van der Waals surface area contributed by atoms with Crippen LogP contribution < -0.4 is 0 Å². The predicted octanol–water partition coefficient (Wildman–Crippen LogP) is 3.42. The molecule has 0 fully saturated rings. The lowest BCUT2D eigenvalue weighted by atomic mass is 10.6. The highest BCUT2D eigenvalue weighted by Crippen LogP contribution is 1.89. The molecule has 0 bridgehead atoms. The lowest BCUT2D eigenvalue weighted by molar-refractivity contribution is 1.10. The van der Waals surface area contributed by atoms with Gasteiger partial charge in [-0.25, -0.2) is 0 Å². The molecule has 0 spiro atoms. The normalized spacial score (nSPS) is 9.00. The Balaban J connectivity index is 0. The molecule has 0 N–H and O–H groups in total. The average molecular weight is 202 g/mol. The summed E-state index contributed by atoms with van der Waals surface area (Å²) >= 11 is 8.55. The van der Waals surface area contributed by atoms with Crippen molar-refractivity contribution in [3.8, 4) is 0 Å². The molecule has 0 aromatic heterocycles. The van der Waals surface area contributed by atoms with Crippen molar-refractivity contribution >= 4 is 27.5 Å². The molecule has 52 valence electrons. The van der Waals surface area contributed by atoms with E-state index in [2.05, 4.69) is 29.8 Å². The van der Waals surface area contributed by atoms with E-state index in [1.165, 1.54) is 0 Å². The smallest absolute Gasteiger partial charge is 0.0279 e. The molecule has 0 aromatic carbocycles. The Morgan fingerprint density at radius 2 is 1.12 bits per heavy atom. The number of rotatable bonds is 0. The summed E-state index contributed by atoms with van der Waals surface area (Å²) in [6, 6.07) is 0. The highest BCUT2D eigenvalue weighted by molar-refractivity contribution is 9.09. The maximum absolute atomic E-state index is 5.27. The van der Waals surface area contributed by atoms with Gasteiger partial charge in [0.05, 0.1) is 0 Å². The number of hydrogen-bond acceptors (Lipinski definition) is 0. The largest absolute Gasteiger partial charge is 0.124 e. The van der Waals surface area contributed by atoms with Gasteiger partial charge in [-0.15, -0.1) is 11.6 Å². The summed E-state index contributed by atoms with van der Waals surface area (Å²) in [7, 11) is 0. The minimum atomic E-state index is 0.306. The van der Waals surface area contributed by atoms with E-state index in [1.54, 1.807) is 0 Å². The van der Waals surface area contributed by atoms with Crippen LogP contribution in [0.3, 0.4) is 0 Å². The molecular formula is C6H14BrCl. The molecule has 0 nitrogen and oxygen atoms in total. The third-order valence-electron chi connectivity index (χ3n) is 0. The quantitative estimate of drug-likeness (QED) is 0.527. The first kappa shape index (κ1) is 11.6. The molecule has 0 aromatic rings. The lowest BCUT2D eigenvalue weighted by Crippen LogP contribution is -1.70. The van der Waals surface area contributed by atoms with Crippen LogP contribution in [0.5, 0.6) is 0 Å². The van der Waals surface area contributed by atoms with Gasteiger partial charge in [0.1, 0.15) is 0 Å². The summed E-state index contributed by atoms with van der Waals surface area (Å²) in [5.41, 5.74) is 0. The van der Waals surface area contributed by atoms with Crippen LogP contribution in [-0.4, -0.2) is 10.2 Å². The topological polar surface area (TPSA) is 0 Å². The summed E-state index contributed by atoms with van der Waals surface area (Å²) in [5.74, 6) is 0. The van der Waals surface area contributed by atoms with Gasteiger partial charge in [0.25, 0.3) is 0 Å². The van der Waals surface area contributed by atoms with Crippen LogP contribution in [0.2, 0.25) is 0 Å². The van der Waals surface area contributed by atoms with Crippen molar-refractivity contribution in [1.82, 2.24) is 0 Å². The maximum Gasteiger partial charge on any atom is 0.0279 e. The van der Waals surface area contributed by atoms with Crippen molar-refractivity contribution in [1.29, 1.82) is 0 Å². The number of alkyl halides is 2. The van der Waals surface area contributed by atoms with Gasteiger partial charge in [-0.05, 0) is 13.8 Å². The van der Waals surface area contributed by atoms with Crippen LogP contribution in [0, 0.1) is 0 Å². The Bertz CT molecular complexity index is 24.0. The zero-order valence-corrected chi connectivity index (χ0v) is 8.25. The van der Waals surface area contributed by atoms with Crippen LogP contribution in [0.15, 0.2) is 0 Å². The fourth-order valence-electron chi connectivity index (χ4n) is 0. The second-order valence-electron chi connectivity index (χ2n) is 2.03. The monoisotopic (exact) mass is 200 g/mol. The number of halogens is 2. The van der Waals surface area contributed by atoms with E-state index in [0.717, 1.165) is 0 Å². The van der Waals surface area contributed by atoms with Crippen molar-refractivity contribution in [3.05, 3.63) is 0 Å². The first-order chi connectivity index (χ1) is 3.46. The van der Waals surface area contributed by atoms with Crippen LogP contribution in [-0.2, 0) is 0 Å². The Kier molecular flexibility index (Phi) is 11.2. The van der Waals surface area contributed by atoms with Crippen molar-refractivity contribution < 1.29 is 0 Å². The lowest BCUT2D eigenvalue weighted by Gasteiger charge is -1.76. The van der Waals surface area contributed by atoms with Crippen molar-refractivity contribution in [3.63, 3.8) is 0 Å². The molecule has 0 aliphatic rings. The molecule has 0 unspecified atom stereocenters. The van der Waals surface area contributed by atoms with E-state index in [1.807, 2.05) is 13.8 Å². The fraction of sp³-hybridized carbons (Fsp3) is 1.00. The van der Waals surface area contributed by atoms with Gasteiger partial charge in [-0.2, -0.15) is 0 Å². The van der Waals surface area contributed by atoms with E-state index in [0.29, 0.717) is 10.2 Å². The molecule has 0 rings (SSSR count). The molecular weight excluding hydrogens is 187 g/mol. The Labute approximate surface area is 65.7 Å². The first-order valence-electron chi connectivity index (χ1n) is 2.75. The van der Waals surface area contributed by atoms with Crippen molar-refractivity contribution in [2.24, 2.45) is 0 Å². The molecule has 0 aliphatic heterocycles. The molecule has 0 amide bonds. The molecule has 0 saturated carbocycles. The summed E-state index contributed by atoms with van der Waals surface area (Å²) in [6.07, 6.45) is 0. The van der Waals surface area contributed by atoms with Crippen molar-refractivity contribution in [2.75, 3.05) is 0 Å². The van der Waals surface area contributed by atoms with Crippen LogP contribution in [0.25, 0.3) is 0 Å². The molecule has 0 saturated heterocycles. The van der Waals surface area contributed by atoms with Crippen molar-refractivity contribution in [2.45, 2.75) is 37.9 Å². The predicted molar refractivity (Wildman–Crippen MR) is 45.1 cm³/mol. The summed E-state index contributed by atoms with van der Waals surface area (Å²) in [5, 5.41) is 0.306. The highest BCUT2D eigenvalue weighted by atomic mass is 79.9. The van der Waals surface area contributed by atoms with E-state index in [9.17, 15) is 0 Å². The summed E-state index contributed by atoms with van der Waals surface area (Å²) in [6.45, 7) is 8.03. The highest BCUT2D eigenvalue weighted by Gasteiger charge is 1.71. The third kappa shape index (κ3) is 380. The zero-order valence-electron chi connectivity index (χ0n) is 5.91. The van der Waals surface area contributed by atoms with E-state index in [-0.39, 0.29) is 0 Å². The molecule has 2 heteroatoms. The SMILES string of the molecule is CC(C)Br.CC(C)Cl. The second kappa shape index (κ2) is 7.77. The van der Waals surface area contributed by atoms with E-state index in [4.69, 9.17) is 11.6 Å². The fourth-order valence-corrected chi connectivity index (χ4v) is 0. The van der Waals surface area contributed by atoms with Gasteiger partial charge in [0.15, 0.2) is 0 Å². The molecule has 0 radical (unpaired) electrons. The van der Waals surface area contributed by atoms with Gasteiger partial charge in [-0.3, -0.25) is 0 Å². The van der Waals surface area contributed by atoms with Gasteiger partial charge in [0, 0.05) is 10.2 Å². The standard InChI is InChI=1S/C3H7Br.C3H7Cl/c2*1-3(2)4/h2*3H,1-2H3. The third-order valence-corrected chi connectivity index (χ3v) is 0. The summed E-state index contributed by atoms with van der Waals surface area (Å²) < 4.78 is 0. The average Bonchev–Trinajstić information content (AvgIpc) is 1.25. The molecule has 8 heavy (non-hydrogen) atoms. The maximum atomic E-state index is 5.27. The van der Waals surface area contributed by atoms with Crippen LogP contribution in [0.1, 0.15) is 27.7 Å². The van der Waals surface area contributed by atoms with E-state index < -0.39 is 0 Å². The van der Waals surface area contributed by atoms with Gasteiger partial charge >= 0.3 is 0 Å². The minimum absolute atomic E-state index is 0.306. The summed E-state index contributed by atoms with van der Waals surface area (Å²) in [4.78, 5) is 0.646. The second-order valence-corrected chi connectivity index (χ2v) is 4.73. The van der Waals surface area contributed by atoms with Gasteiger partial charge in [-0.1, -0.05) is 29.8 Å². The Morgan fingerprint density at radius 3 is 1.12 bits per heavy atom. The molecule has 0 atom stereocenters. The van der Waals surface area contributed by atoms with Crippen LogP contribution in [0.4, 0.5) is 0 Å². The van der Waals surface area contributed by atoms with Gasteiger partial charge in [0.2, 0.25) is 0 Å². The first-order valence-corrected chi connectivity index (χ1v) is 4.10. The minimum Gasteiger partial charge on any atom is -0.124 e. The van der Waals surface area contributed by atoms with Crippen LogP contribution >= 0.6 is 27.5 Å². The Hall–Kier alpha value is 0.770. The van der Waals surface area contributed by atoms with Gasteiger partial charge < -0.3 is 0 Å². The van der Waals surface area contributed by atoms with E-state index >= 15 is 0 Å². The Morgan fingerprint density at radius 1 is 1.12 bits per heavy atom. The molecule has 0 heterocycles.